The number of halogens is 3. The molecule has 0 bridgehead atoms. The molecule has 0 unspecified atom stereocenters. The van der Waals surface area contributed by atoms with E-state index in [-0.39, 0.29) is 11.9 Å². The topological polar surface area (TPSA) is 107 Å². The first-order valence-corrected chi connectivity index (χ1v) is 8.90. The van der Waals surface area contributed by atoms with Gasteiger partial charge in [-0.05, 0) is 36.8 Å². The van der Waals surface area contributed by atoms with Crippen LogP contribution in [0.5, 0.6) is 0 Å². The van der Waals surface area contributed by atoms with Crippen molar-refractivity contribution in [3.63, 3.8) is 0 Å². The molecule has 1 amide bonds. The van der Waals surface area contributed by atoms with Crippen molar-refractivity contribution >= 4 is 17.7 Å². The number of alkyl halides is 3. The molecular weight excluding hydrogens is 403 g/mol. The number of nitrogens with one attached hydrogen (secondary N) is 2. The Hall–Kier alpha value is -3.70. The van der Waals surface area contributed by atoms with Crippen LogP contribution in [0.2, 0.25) is 0 Å². The summed E-state index contributed by atoms with van der Waals surface area (Å²) in [6.07, 6.45) is -2.55. The van der Waals surface area contributed by atoms with E-state index < -0.39 is 17.8 Å². The average Bonchev–Trinajstić information content (AvgIpc) is 3.30. The quantitative estimate of drug-likeness (QED) is 0.655. The highest BCUT2D eigenvalue weighted by Gasteiger charge is 2.30. The van der Waals surface area contributed by atoms with Crippen LogP contribution in [0, 0.1) is 6.92 Å². The van der Waals surface area contributed by atoms with Crippen molar-refractivity contribution in [3.05, 3.63) is 47.8 Å². The van der Waals surface area contributed by atoms with Crippen molar-refractivity contribution in [2.75, 3.05) is 11.9 Å². The van der Waals surface area contributed by atoms with Gasteiger partial charge in [-0.3, -0.25) is 0 Å². The third-order valence-corrected chi connectivity index (χ3v) is 4.25. The van der Waals surface area contributed by atoms with Crippen LogP contribution < -0.4 is 10.6 Å². The number of amides is 1. The summed E-state index contributed by atoms with van der Waals surface area (Å²) in [4.78, 5) is 19.4. The lowest BCUT2D eigenvalue weighted by molar-refractivity contribution is -0.137. The maximum Gasteiger partial charge on any atom is 0.416 e. The van der Waals surface area contributed by atoms with Crippen LogP contribution in [-0.4, -0.2) is 43.7 Å². The summed E-state index contributed by atoms with van der Waals surface area (Å²) in [5.74, 6) is 0.341. The zero-order chi connectivity index (χ0) is 21.3. The highest BCUT2D eigenvalue weighted by molar-refractivity contribution is 5.69. The van der Waals surface area contributed by atoms with Gasteiger partial charge in [0.15, 0.2) is 0 Å². The lowest BCUT2D eigenvalue weighted by Gasteiger charge is -2.10. The fourth-order valence-electron chi connectivity index (χ4n) is 2.92. The molecule has 1 saturated heterocycles. The Morgan fingerprint density at radius 3 is 2.83 bits per heavy atom. The zero-order valence-corrected chi connectivity index (χ0v) is 15.6. The van der Waals surface area contributed by atoms with Gasteiger partial charge in [0.1, 0.15) is 23.4 Å². The number of alkyl carbamates (subject to hydrolysis) is 1. The van der Waals surface area contributed by atoms with E-state index in [0.717, 1.165) is 23.9 Å². The standard InChI is InChI=1S/C18H16F3N7O2/c1-10-4-13(14-9-28(27-26-14)8-12-7-23-17(29)30-12)24-16(5-10)25-15-6-11(2-3-22-15)18(19,20)21/h2-6,9,12H,7-8H2,1H3,(H,23,29)(H,22,24,25)/t12-/m1/s1. The lowest BCUT2D eigenvalue weighted by atomic mass is 10.2. The normalized spacial score (nSPS) is 16.3. The van der Waals surface area contributed by atoms with Gasteiger partial charge in [0.2, 0.25) is 0 Å². The Morgan fingerprint density at radius 2 is 2.10 bits per heavy atom. The molecule has 4 rings (SSSR count). The van der Waals surface area contributed by atoms with Gasteiger partial charge in [-0.1, -0.05) is 5.21 Å². The number of cyclic esters (lactones) is 1. The van der Waals surface area contributed by atoms with Crippen LogP contribution in [0.15, 0.2) is 36.7 Å². The Kier molecular flexibility index (Phi) is 4.98. The number of pyridine rings is 2. The van der Waals surface area contributed by atoms with E-state index in [1.165, 1.54) is 4.68 Å². The number of hydrogen-bond acceptors (Lipinski definition) is 7. The third-order valence-electron chi connectivity index (χ3n) is 4.25. The predicted molar refractivity (Wildman–Crippen MR) is 98.8 cm³/mol. The van der Waals surface area contributed by atoms with E-state index >= 15 is 0 Å². The molecule has 2 N–H and O–H groups in total. The van der Waals surface area contributed by atoms with Gasteiger partial charge in [-0.2, -0.15) is 13.2 Å². The Bertz CT molecular complexity index is 1080. The maximum atomic E-state index is 12.9. The number of anilines is 2. The van der Waals surface area contributed by atoms with E-state index in [9.17, 15) is 18.0 Å². The number of aryl methyl sites for hydroxylation is 1. The van der Waals surface area contributed by atoms with Crippen molar-refractivity contribution < 1.29 is 22.7 Å². The van der Waals surface area contributed by atoms with Crippen LogP contribution in [0.3, 0.4) is 0 Å². The molecule has 0 aromatic carbocycles. The molecule has 1 fully saturated rings. The summed E-state index contributed by atoms with van der Waals surface area (Å²) in [7, 11) is 0. The summed E-state index contributed by atoms with van der Waals surface area (Å²) >= 11 is 0. The van der Waals surface area contributed by atoms with E-state index in [2.05, 4.69) is 30.9 Å². The van der Waals surface area contributed by atoms with Gasteiger partial charge in [-0.25, -0.2) is 19.4 Å². The number of hydrogen-bond donors (Lipinski definition) is 2. The Balaban J connectivity index is 1.53. The predicted octanol–water partition coefficient (Wildman–Crippen LogP) is 2.91. The highest BCUT2D eigenvalue weighted by atomic mass is 19.4. The van der Waals surface area contributed by atoms with Crippen molar-refractivity contribution in [1.82, 2.24) is 30.3 Å². The molecule has 1 atom stereocenters. The minimum atomic E-state index is -4.47. The van der Waals surface area contributed by atoms with Crippen LogP contribution in [-0.2, 0) is 17.5 Å². The number of rotatable bonds is 5. The molecule has 0 saturated carbocycles. The van der Waals surface area contributed by atoms with Crippen LogP contribution in [0.4, 0.5) is 29.6 Å². The third kappa shape index (κ3) is 4.47. The fourth-order valence-corrected chi connectivity index (χ4v) is 2.92. The molecular formula is C18H16F3N7O2. The molecule has 3 aromatic rings. The molecule has 12 heteroatoms. The zero-order valence-electron chi connectivity index (χ0n) is 15.6. The first-order chi connectivity index (χ1) is 14.3. The molecule has 1 aliphatic rings. The number of aromatic nitrogens is 5. The van der Waals surface area contributed by atoms with Gasteiger partial charge in [-0.15, -0.1) is 5.10 Å². The number of carbonyl (C=O) groups excluding carboxylic acids is 1. The van der Waals surface area contributed by atoms with Gasteiger partial charge in [0.25, 0.3) is 0 Å². The van der Waals surface area contributed by atoms with Gasteiger partial charge < -0.3 is 15.4 Å². The minimum absolute atomic E-state index is 0.0214. The second-order valence-electron chi connectivity index (χ2n) is 6.70. The summed E-state index contributed by atoms with van der Waals surface area (Å²) in [6, 6.07) is 5.27. The van der Waals surface area contributed by atoms with Crippen molar-refractivity contribution in [1.29, 1.82) is 0 Å². The van der Waals surface area contributed by atoms with E-state index in [1.807, 2.05) is 6.92 Å². The van der Waals surface area contributed by atoms with Crippen molar-refractivity contribution in [3.8, 4) is 11.4 Å². The van der Waals surface area contributed by atoms with Crippen LogP contribution >= 0.6 is 0 Å². The van der Waals surface area contributed by atoms with Crippen molar-refractivity contribution in [2.24, 2.45) is 0 Å². The van der Waals surface area contributed by atoms with E-state index in [1.54, 1.807) is 18.3 Å². The largest absolute Gasteiger partial charge is 0.442 e. The van der Waals surface area contributed by atoms with Crippen LogP contribution in [0.1, 0.15) is 11.1 Å². The maximum absolute atomic E-state index is 12.9. The monoisotopic (exact) mass is 419 g/mol. The molecule has 3 aromatic heterocycles. The summed E-state index contributed by atoms with van der Waals surface area (Å²) in [5.41, 5.74) is 0.962. The lowest BCUT2D eigenvalue weighted by Crippen LogP contribution is -2.20. The first-order valence-electron chi connectivity index (χ1n) is 8.90. The fraction of sp³-hybridized carbons (Fsp3) is 0.278. The smallest absolute Gasteiger partial charge is 0.416 e. The second kappa shape index (κ2) is 7.61. The van der Waals surface area contributed by atoms with E-state index in [4.69, 9.17) is 4.74 Å². The van der Waals surface area contributed by atoms with Crippen molar-refractivity contribution in [2.45, 2.75) is 25.7 Å². The Morgan fingerprint density at radius 1 is 1.27 bits per heavy atom. The molecule has 1 aliphatic heterocycles. The molecule has 156 valence electrons. The number of ether oxygens (including phenoxy) is 1. The molecule has 30 heavy (non-hydrogen) atoms. The number of carbonyl (C=O) groups is 1. The molecule has 4 heterocycles. The molecule has 0 aliphatic carbocycles. The molecule has 0 radical (unpaired) electrons. The van der Waals surface area contributed by atoms with Gasteiger partial charge in [0, 0.05) is 6.20 Å². The first kappa shape index (κ1) is 19.6. The summed E-state index contributed by atoms with van der Waals surface area (Å²) < 4.78 is 45.3. The SMILES string of the molecule is Cc1cc(Nc2cc(C(F)(F)F)ccn2)nc(-c2cn(C[C@H]3CNC(=O)O3)nn2)c1. The minimum Gasteiger partial charge on any atom is -0.442 e. The van der Waals surface area contributed by atoms with Crippen LogP contribution in [0.25, 0.3) is 11.4 Å². The average molecular weight is 419 g/mol. The molecule has 9 nitrogen and oxygen atoms in total. The summed E-state index contributed by atoms with van der Waals surface area (Å²) in [5, 5.41) is 13.4. The second-order valence-corrected chi connectivity index (χ2v) is 6.70. The van der Waals surface area contributed by atoms with E-state index in [0.29, 0.717) is 30.3 Å². The number of nitrogens with zero attached hydrogens (tertiary/aromatic N) is 5. The van der Waals surface area contributed by atoms with Gasteiger partial charge in [0.05, 0.1) is 30.5 Å². The Labute approximate surface area is 168 Å². The molecule has 0 spiro atoms. The van der Waals surface area contributed by atoms with Gasteiger partial charge >= 0.3 is 12.3 Å². The summed E-state index contributed by atoms with van der Waals surface area (Å²) in [6.45, 7) is 2.54. The highest BCUT2D eigenvalue weighted by Crippen LogP contribution is 2.30.